The lowest BCUT2D eigenvalue weighted by Crippen LogP contribution is -2.49. The molecular formula is C19H22N2O3S. The fourth-order valence-corrected chi connectivity index (χ4v) is 3.90. The van der Waals surface area contributed by atoms with Crippen LogP contribution in [-0.4, -0.2) is 32.9 Å². The van der Waals surface area contributed by atoms with Crippen molar-refractivity contribution < 1.29 is 14.7 Å². The summed E-state index contributed by atoms with van der Waals surface area (Å²) in [6.45, 7) is 6.58. The van der Waals surface area contributed by atoms with E-state index in [-0.39, 0.29) is 17.7 Å². The minimum absolute atomic E-state index is 0.0559. The van der Waals surface area contributed by atoms with Gasteiger partial charge in [-0.1, -0.05) is 45.0 Å². The molecule has 0 unspecified atom stereocenters. The van der Waals surface area contributed by atoms with Crippen LogP contribution in [0.1, 0.15) is 42.6 Å². The lowest BCUT2D eigenvalue weighted by Gasteiger charge is -2.34. The summed E-state index contributed by atoms with van der Waals surface area (Å²) in [5.41, 5.74) is 2.67. The second-order valence-electron chi connectivity index (χ2n) is 7.42. The zero-order chi connectivity index (χ0) is 18.2. The van der Waals surface area contributed by atoms with Gasteiger partial charge in [-0.05, 0) is 11.1 Å². The third kappa shape index (κ3) is 3.74. The number of carbonyl (C=O) groups is 2. The number of rotatable bonds is 3. The molecule has 1 aliphatic rings. The van der Waals surface area contributed by atoms with Gasteiger partial charge in [-0.25, -0.2) is 9.78 Å². The van der Waals surface area contributed by atoms with Crippen LogP contribution in [0.3, 0.4) is 0 Å². The maximum Gasteiger partial charge on any atom is 0.326 e. The summed E-state index contributed by atoms with van der Waals surface area (Å²) < 4.78 is 0. The largest absolute Gasteiger partial charge is 0.480 e. The normalized spacial score (nSPS) is 17.2. The summed E-state index contributed by atoms with van der Waals surface area (Å²) in [7, 11) is 0. The van der Waals surface area contributed by atoms with Gasteiger partial charge in [0.1, 0.15) is 6.04 Å². The molecule has 0 saturated heterocycles. The molecule has 1 amide bonds. The average molecular weight is 358 g/mol. The first-order chi connectivity index (χ1) is 11.8. The molecule has 25 heavy (non-hydrogen) atoms. The number of carboxylic acids is 1. The summed E-state index contributed by atoms with van der Waals surface area (Å²) in [4.78, 5) is 30.5. The molecule has 132 valence electrons. The number of aromatic nitrogens is 1. The quantitative estimate of drug-likeness (QED) is 0.916. The van der Waals surface area contributed by atoms with Crippen molar-refractivity contribution in [2.24, 2.45) is 0 Å². The van der Waals surface area contributed by atoms with Crippen molar-refractivity contribution in [2.75, 3.05) is 0 Å². The maximum atomic E-state index is 12.8. The zero-order valence-electron chi connectivity index (χ0n) is 14.7. The second-order valence-corrected chi connectivity index (χ2v) is 8.28. The van der Waals surface area contributed by atoms with Crippen LogP contribution in [0.4, 0.5) is 0 Å². The third-order valence-electron chi connectivity index (χ3n) is 4.38. The summed E-state index contributed by atoms with van der Waals surface area (Å²) in [6.07, 6.45) is 0.486. The molecule has 2 heterocycles. The molecule has 0 aliphatic carbocycles. The molecule has 0 saturated carbocycles. The van der Waals surface area contributed by atoms with Crippen molar-refractivity contribution in [3.8, 4) is 0 Å². The predicted octanol–water partition coefficient (Wildman–Crippen LogP) is 3.02. The van der Waals surface area contributed by atoms with Crippen LogP contribution >= 0.6 is 11.3 Å². The van der Waals surface area contributed by atoms with E-state index in [0.29, 0.717) is 18.7 Å². The molecule has 0 fully saturated rings. The summed E-state index contributed by atoms with van der Waals surface area (Å²) in [5, 5.41) is 12.4. The molecule has 1 aromatic heterocycles. The molecule has 6 heteroatoms. The van der Waals surface area contributed by atoms with Gasteiger partial charge in [0.05, 0.1) is 17.1 Å². The minimum atomic E-state index is -0.962. The number of benzene rings is 1. The summed E-state index contributed by atoms with van der Waals surface area (Å²) in [6, 6.07) is 6.89. The van der Waals surface area contributed by atoms with E-state index in [9.17, 15) is 14.7 Å². The van der Waals surface area contributed by atoms with Gasteiger partial charge in [-0.15, -0.1) is 11.3 Å². The van der Waals surface area contributed by atoms with Crippen molar-refractivity contribution >= 4 is 23.2 Å². The molecule has 2 aromatic rings. The molecule has 0 radical (unpaired) electrons. The number of nitrogens with zero attached hydrogens (tertiary/aromatic N) is 2. The monoisotopic (exact) mass is 358 g/mol. The van der Waals surface area contributed by atoms with Gasteiger partial charge in [0.2, 0.25) is 5.91 Å². The fourth-order valence-electron chi connectivity index (χ4n) is 2.99. The predicted molar refractivity (Wildman–Crippen MR) is 96.6 cm³/mol. The average Bonchev–Trinajstić information content (AvgIpc) is 3.02. The highest BCUT2D eigenvalue weighted by molar-refractivity contribution is 7.09. The number of hydrogen-bond donors (Lipinski definition) is 1. The van der Waals surface area contributed by atoms with Crippen molar-refractivity contribution in [1.82, 2.24) is 9.88 Å². The molecule has 1 aliphatic heterocycles. The van der Waals surface area contributed by atoms with Crippen molar-refractivity contribution in [3.05, 3.63) is 51.5 Å². The number of carboxylic acid groups (broad SMARTS) is 1. The van der Waals surface area contributed by atoms with Crippen LogP contribution in [-0.2, 0) is 34.4 Å². The highest BCUT2D eigenvalue weighted by Crippen LogP contribution is 2.27. The molecule has 1 atom stereocenters. The first-order valence-electron chi connectivity index (χ1n) is 8.29. The fraction of sp³-hybridized carbons (Fsp3) is 0.421. The smallest absolute Gasteiger partial charge is 0.326 e. The van der Waals surface area contributed by atoms with Crippen LogP contribution in [0.5, 0.6) is 0 Å². The summed E-state index contributed by atoms with van der Waals surface area (Å²) >= 11 is 1.54. The molecule has 0 bridgehead atoms. The van der Waals surface area contributed by atoms with E-state index in [0.717, 1.165) is 16.1 Å². The highest BCUT2D eigenvalue weighted by atomic mass is 32.1. The Morgan fingerprint density at radius 2 is 1.96 bits per heavy atom. The number of carbonyl (C=O) groups excluding carboxylic acids is 1. The maximum absolute atomic E-state index is 12.8. The number of fused-ring (bicyclic) bond motifs is 1. The highest BCUT2D eigenvalue weighted by Gasteiger charge is 2.34. The zero-order valence-corrected chi connectivity index (χ0v) is 15.5. The van der Waals surface area contributed by atoms with Gasteiger partial charge in [0.25, 0.3) is 0 Å². The molecule has 3 rings (SSSR count). The number of aliphatic carboxylic acids is 1. The van der Waals surface area contributed by atoms with E-state index in [1.807, 2.05) is 29.6 Å². The SMILES string of the molecule is CC(C)(C)c1nc(CC(=O)N2Cc3ccccc3C[C@@H]2C(=O)O)cs1. The lowest BCUT2D eigenvalue weighted by molar-refractivity contribution is -0.151. The van der Waals surface area contributed by atoms with Crippen LogP contribution in [0.25, 0.3) is 0 Å². The molecule has 5 nitrogen and oxygen atoms in total. The van der Waals surface area contributed by atoms with E-state index in [1.165, 1.54) is 4.90 Å². The van der Waals surface area contributed by atoms with Gasteiger partial charge in [-0.3, -0.25) is 4.79 Å². The standard InChI is InChI=1S/C19H22N2O3S/c1-19(2,3)18-20-14(11-25-18)9-16(22)21-10-13-7-5-4-6-12(13)8-15(21)17(23)24/h4-7,11,15H,8-10H2,1-3H3,(H,23,24)/t15-/m1/s1. The number of amides is 1. The topological polar surface area (TPSA) is 70.5 Å². The van der Waals surface area contributed by atoms with Crippen LogP contribution in [0.2, 0.25) is 0 Å². The number of thiazole rings is 1. The molecule has 1 N–H and O–H groups in total. The Bertz CT molecular complexity index is 807. The van der Waals surface area contributed by atoms with Crippen molar-refractivity contribution in [3.63, 3.8) is 0 Å². The van der Waals surface area contributed by atoms with Gasteiger partial charge >= 0.3 is 5.97 Å². The van der Waals surface area contributed by atoms with E-state index < -0.39 is 12.0 Å². The molecule has 0 spiro atoms. The van der Waals surface area contributed by atoms with E-state index >= 15 is 0 Å². The first kappa shape index (κ1) is 17.6. The minimum Gasteiger partial charge on any atom is -0.480 e. The molecular weight excluding hydrogens is 336 g/mol. The second kappa shape index (κ2) is 6.59. The van der Waals surface area contributed by atoms with Crippen LogP contribution < -0.4 is 0 Å². The van der Waals surface area contributed by atoms with Crippen LogP contribution in [0, 0.1) is 0 Å². The van der Waals surface area contributed by atoms with E-state index in [2.05, 4.69) is 25.8 Å². The molecule has 1 aromatic carbocycles. The lowest BCUT2D eigenvalue weighted by atomic mass is 9.93. The van der Waals surface area contributed by atoms with Gasteiger partial charge in [0.15, 0.2) is 0 Å². The Labute approximate surface area is 151 Å². The van der Waals surface area contributed by atoms with Crippen molar-refractivity contribution in [1.29, 1.82) is 0 Å². The van der Waals surface area contributed by atoms with Gasteiger partial charge in [0, 0.05) is 23.8 Å². The van der Waals surface area contributed by atoms with E-state index in [1.54, 1.807) is 11.3 Å². The Morgan fingerprint density at radius 3 is 2.56 bits per heavy atom. The Hall–Kier alpha value is -2.21. The Morgan fingerprint density at radius 1 is 1.28 bits per heavy atom. The third-order valence-corrected chi connectivity index (χ3v) is 5.70. The van der Waals surface area contributed by atoms with Gasteiger partial charge in [-0.2, -0.15) is 0 Å². The Balaban J connectivity index is 1.80. The van der Waals surface area contributed by atoms with Crippen molar-refractivity contribution in [2.45, 2.75) is 51.6 Å². The first-order valence-corrected chi connectivity index (χ1v) is 9.17. The van der Waals surface area contributed by atoms with Gasteiger partial charge < -0.3 is 10.0 Å². The number of hydrogen-bond acceptors (Lipinski definition) is 4. The summed E-state index contributed by atoms with van der Waals surface area (Å²) in [5.74, 6) is -1.15. The Kier molecular flexibility index (Phi) is 4.64. The van der Waals surface area contributed by atoms with E-state index in [4.69, 9.17) is 0 Å². The van der Waals surface area contributed by atoms with Crippen LogP contribution in [0.15, 0.2) is 29.6 Å².